The quantitative estimate of drug-likeness (QED) is 0.929. The molecular weight excluding hydrogens is 257 g/mol. The Hall–Kier alpha value is -1.46. The second kappa shape index (κ2) is 5.89. The predicted octanol–water partition coefficient (Wildman–Crippen LogP) is 2.02. The molecule has 1 aliphatic heterocycles. The van der Waals surface area contributed by atoms with Crippen LogP contribution in [0.5, 0.6) is 0 Å². The summed E-state index contributed by atoms with van der Waals surface area (Å²) in [6.45, 7) is 2.75. The van der Waals surface area contributed by atoms with Gasteiger partial charge in [-0.25, -0.2) is 9.37 Å². The molecule has 1 saturated heterocycles. The van der Waals surface area contributed by atoms with Crippen LogP contribution in [0.3, 0.4) is 0 Å². The molecule has 108 valence electrons. The van der Waals surface area contributed by atoms with E-state index in [-0.39, 0.29) is 5.82 Å². The van der Waals surface area contributed by atoms with Crippen LogP contribution in [0.1, 0.15) is 18.7 Å². The third-order valence-corrected chi connectivity index (χ3v) is 3.90. The number of hydrogen-bond acceptors (Lipinski definition) is 3. The van der Waals surface area contributed by atoms with Crippen LogP contribution in [-0.2, 0) is 18.2 Å². The van der Waals surface area contributed by atoms with Crippen molar-refractivity contribution in [2.45, 2.75) is 25.4 Å². The normalized spacial score (nSPS) is 16.9. The fraction of sp³-hybridized carbons (Fsp3) is 0.533. The van der Waals surface area contributed by atoms with Crippen LogP contribution in [0, 0.1) is 5.82 Å². The van der Waals surface area contributed by atoms with Gasteiger partial charge < -0.3 is 14.6 Å². The molecule has 0 bridgehead atoms. The van der Waals surface area contributed by atoms with Gasteiger partial charge in [-0.1, -0.05) is 0 Å². The fourth-order valence-electron chi connectivity index (χ4n) is 2.72. The van der Waals surface area contributed by atoms with Gasteiger partial charge >= 0.3 is 0 Å². The Balaban J connectivity index is 1.63. The third-order valence-electron chi connectivity index (χ3n) is 3.90. The van der Waals surface area contributed by atoms with Gasteiger partial charge in [0.05, 0.1) is 23.7 Å². The molecule has 1 N–H and O–H groups in total. The number of nitrogens with one attached hydrogen (secondary N) is 1. The molecule has 20 heavy (non-hydrogen) atoms. The minimum absolute atomic E-state index is 0.224. The molecule has 0 unspecified atom stereocenters. The zero-order valence-electron chi connectivity index (χ0n) is 11.7. The maximum absolute atomic E-state index is 13.2. The van der Waals surface area contributed by atoms with E-state index in [0.717, 1.165) is 49.2 Å². The number of imidazole rings is 1. The molecule has 5 heteroatoms. The van der Waals surface area contributed by atoms with E-state index in [9.17, 15) is 4.39 Å². The van der Waals surface area contributed by atoms with Gasteiger partial charge in [0, 0.05) is 13.5 Å². The van der Waals surface area contributed by atoms with Gasteiger partial charge in [0.1, 0.15) is 11.6 Å². The number of aryl methyl sites for hydroxylation is 1. The molecule has 1 aromatic heterocycles. The lowest BCUT2D eigenvalue weighted by molar-refractivity contribution is 0.0340. The van der Waals surface area contributed by atoms with E-state index >= 15 is 0 Å². The van der Waals surface area contributed by atoms with Gasteiger partial charge in [-0.05, 0) is 44.1 Å². The molecule has 0 atom stereocenters. The van der Waals surface area contributed by atoms with Crippen molar-refractivity contribution in [3.8, 4) is 0 Å². The number of aromatic nitrogens is 2. The van der Waals surface area contributed by atoms with Crippen LogP contribution in [0.25, 0.3) is 11.0 Å². The van der Waals surface area contributed by atoms with Gasteiger partial charge in [0.2, 0.25) is 0 Å². The summed E-state index contributed by atoms with van der Waals surface area (Å²) < 4.78 is 21.1. The van der Waals surface area contributed by atoms with Crippen LogP contribution >= 0.6 is 0 Å². The summed E-state index contributed by atoms with van der Waals surface area (Å²) in [6, 6.07) is 4.70. The first-order valence-corrected chi connectivity index (χ1v) is 7.17. The Morgan fingerprint density at radius 3 is 3.00 bits per heavy atom. The van der Waals surface area contributed by atoms with E-state index < -0.39 is 0 Å². The first-order chi connectivity index (χ1) is 9.74. The number of nitrogens with zero attached hydrogens (tertiary/aromatic N) is 2. The number of piperidine rings is 1. The average Bonchev–Trinajstić information content (AvgIpc) is 2.77. The van der Waals surface area contributed by atoms with Crippen LogP contribution in [-0.4, -0.2) is 35.4 Å². The van der Waals surface area contributed by atoms with Crippen LogP contribution in [0.15, 0.2) is 18.2 Å². The summed E-state index contributed by atoms with van der Waals surface area (Å²) in [6.07, 6.45) is 3.28. The van der Waals surface area contributed by atoms with E-state index in [4.69, 9.17) is 4.74 Å². The second-order valence-electron chi connectivity index (χ2n) is 5.29. The Kier molecular flexibility index (Phi) is 3.98. The molecule has 2 heterocycles. The molecule has 0 amide bonds. The molecule has 0 saturated carbocycles. The van der Waals surface area contributed by atoms with Crippen molar-refractivity contribution < 1.29 is 9.13 Å². The number of benzene rings is 1. The molecule has 3 rings (SSSR count). The molecule has 0 aliphatic carbocycles. The standard InChI is InChI=1S/C15H20FN3O/c1-19-14-10-11(16)2-3-13(14)18-15(19)6-9-20-12-4-7-17-8-5-12/h2-3,10,12,17H,4-9H2,1H3. The highest BCUT2D eigenvalue weighted by Gasteiger charge is 2.14. The monoisotopic (exact) mass is 277 g/mol. The lowest BCUT2D eigenvalue weighted by Gasteiger charge is -2.22. The van der Waals surface area contributed by atoms with Crippen molar-refractivity contribution in [2.75, 3.05) is 19.7 Å². The molecule has 2 aromatic rings. The number of ether oxygens (including phenoxy) is 1. The minimum atomic E-state index is -0.224. The third kappa shape index (κ3) is 2.83. The number of fused-ring (bicyclic) bond motifs is 1. The summed E-state index contributed by atoms with van der Waals surface area (Å²) in [4.78, 5) is 4.54. The zero-order valence-corrected chi connectivity index (χ0v) is 11.7. The molecule has 0 radical (unpaired) electrons. The summed E-state index contributed by atoms with van der Waals surface area (Å²) in [5.41, 5.74) is 1.67. The maximum Gasteiger partial charge on any atom is 0.125 e. The fourth-order valence-corrected chi connectivity index (χ4v) is 2.72. The highest BCUT2D eigenvalue weighted by atomic mass is 19.1. The Bertz CT molecular complexity index is 590. The lowest BCUT2D eigenvalue weighted by atomic mass is 10.1. The molecule has 1 aliphatic rings. The summed E-state index contributed by atoms with van der Waals surface area (Å²) in [7, 11) is 1.93. The van der Waals surface area contributed by atoms with Gasteiger partial charge in [-0.2, -0.15) is 0 Å². The number of hydrogen-bond donors (Lipinski definition) is 1. The van der Waals surface area contributed by atoms with Crippen LogP contribution < -0.4 is 5.32 Å². The van der Waals surface area contributed by atoms with Crippen LogP contribution in [0.2, 0.25) is 0 Å². The highest BCUT2D eigenvalue weighted by molar-refractivity contribution is 5.75. The first kappa shape index (κ1) is 13.5. The molecule has 1 fully saturated rings. The first-order valence-electron chi connectivity index (χ1n) is 7.17. The van der Waals surface area contributed by atoms with Crippen LogP contribution in [0.4, 0.5) is 4.39 Å². The summed E-state index contributed by atoms with van der Waals surface area (Å²) >= 11 is 0. The van der Waals surface area contributed by atoms with E-state index in [1.54, 1.807) is 6.07 Å². The van der Waals surface area contributed by atoms with E-state index in [1.165, 1.54) is 12.1 Å². The van der Waals surface area contributed by atoms with Gasteiger partial charge in [-0.3, -0.25) is 0 Å². The second-order valence-corrected chi connectivity index (χ2v) is 5.29. The van der Waals surface area contributed by atoms with Gasteiger partial charge in [0.15, 0.2) is 0 Å². The van der Waals surface area contributed by atoms with Crippen molar-refractivity contribution in [3.05, 3.63) is 29.8 Å². The van der Waals surface area contributed by atoms with Crippen molar-refractivity contribution in [1.29, 1.82) is 0 Å². The molecule has 4 nitrogen and oxygen atoms in total. The van der Waals surface area contributed by atoms with E-state index in [0.29, 0.717) is 12.7 Å². The molecular formula is C15H20FN3O. The zero-order chi connectivity index (χ0) is 13.9. The Morgan fingerprint density at radius 2 is 2.20 bits per heavy atom. The number of halogens is 1. The van der Waals surface area contributed by atoms with Crippen molar-refractivity contribution in [2.24, 2.45) is 7.05 Å². The molecule has 0 spiro atoms. The minimum Gasteiger partial charge on any atom is -0.378 e. The number of rotatable bonds is 4. The van der Waals surface area contributed by atoms with Gasteiger partial charge in [-0.15, -0.1) is 0 Å². The van der Waals surface area contributed by atoms with Crippen molar-refractivity contribution in [1.82, 2.24) is 14.9 Å². The van der Waals surface area contributed by atoms with Gasteiger partial charge in [0.25, 0.3) is 0 Å². The molecule has 1 aromatic carbocycles. The van der Waals surface area contributed by atoms with Crippen molar-refractivity contribution in [3.63, 3.8) is 0 Å². The van der Waals surface area contributed by atoms with Crippen molar-refractivity contribution >= 4 is 11.0 Å². The summed E-state index contributed by atoms with van der Waals surface area (Å²) in [5.74, 6) is 0.720. The predicted molar refractivity (Wildman–Crippen MR) is 76.2 cm³/mol. The topological polar surface area (TPSA) is 39.1 Å². The Morgan fingerprint density at radius 1 is 1.40 bits per heavy atom. The smallest absolute Gasteiger partial charge is 0.125 e. The summed E-state index contributed by atoms with van der Waals surface area (Å²) in [5, 5.41) is 3.32. The highest BCUT2D eigenvalue weighted by Crippen LogP contribution is 2.17. The van der Waals surface area contributed by atoms with E-state index in [1.807, 2.05) is 11.6 Å². The maximum atomic E-state index is 13.2. The average molecular weight is 277 g/mol. The Labute approximate surface area is 117 Å². The van der Waals surface area contributed by atoms with E-state index in [2.05, 4.69) is 10.3 Å². The SMILES string of the molecule is Cn1c(CCOC2CCNCC2)nc2ccc(F)cc21. The largest absolute Gasteiger partial charge is 0.378 e. The lowest BCUT2D eigenvalue weighted by Crippen LogP contribution is -2.32.